The van der Waals surface area contributed by atoms with Crippen molar-refractivity contribution in [2.24, 2.45) is 0 Å². The number of rotatable bonds is 7. The fraction of sp³-hybridized carbons (Fsp3) is 0.364. The van der Waals surface area contributed by atoms with Crippen molar-refractivity contribution >= 4 is 17.5 Å². The van der Waals surface area contributed by atoms with E-state index in [-0.39, 0.29) is 12.5 Å². The molecule has 1 heterocycles. The van der Waals surface area contributed by atoms with Gasteiger partial charge in [-0.3, -0.25) is 25.3 Å². The molecule has 1 fully saturated rings. The van der Waals surface area contributed by atoms with E-state index in [9.17, 15) is 9.59 Å². The molecule has 1 aliphatic heterocycles. The molecule has 7 nitrogen and oxygen atoms in total. The number of nitrogens with zero attached hydrogens (tertiary/aromatic N) is 2. The number of ether oxygens (including phenoxy) is 1. The number of anilines is 1. The Labute approximate surface area is 171 Å². The summed E-state index contributed by atoms with van der Waals surface area (Å²) in [4.78, 5) is 28.4. The maximum Gasteiger partial charge on any atom is 0.276 e. The first-order chi connectivity index (χ1) is 14.1. The Morgan fingerprint density at radius 2 is 1.66 bits per heavy atom. The number of para-hydroxylation sites is 1. The van der Waals surface area contributed by atoms with Crippen LogP contribution in [0.5, 0.6) is 5.75 Å². The fourth-order valence-electron chi connectivity index (χ4n) is 3.22. The van der Waals surface area contributed by atoms with Crippen LogP contribution in [0.25, 0.3) is 0 Å². The van der Waals surface area contributed by atoms with Crippen LogP contribution in [-0.2, 0) is 9.59 Å². The maximum absolute atomic E-state index is 12.0. The molecule has 2 aromatic rings. The molecule has 1 saturated heterocycles. The summed E-state index contributed by atoms with van der Waals surface area (Å²) in [7, 11) is 0. The predicted octanol–water partition coefficient (Wildman–Crippen LogP) is 1.73. The Morgan fingerprint density at radius 3 is 2.38 bits per heavy atom. The van der Waals surface area contributed by atoms with Gasteiger partial charge in [-0.25, -0.2) is 0 Å². The highest BCUT2D eigenvalue weighted by molar-refractivity contribution is 5.82. The van der Waals surface area contributed by atoms with E-state index in [1.54, 1.807) is 6.07 Å². The number of nitrogens with one attached hydrogen (secondary N) is 2. The van der Waals surface area contributed by atoms with E-state index in [0.29, 0.717) is 18.7 Å². The second-order valence-electron chi connectivity index (χ2n) is 7.12. The molecule has 0 aliphatic carbocycles. The van der Waals surface area contributed by atoms with E-state index in [2.05, 4.69) is 32.8 Å². The molecule has 29 heavy (non-hydrogen) atoms. The first kappa shape index (κ1) is 20.7. The smallest absolute Gasteiger partial charge is 0.276 e. The summed E-state index contributed by atoms with van der Waals surface area (Å²) in [6.07, 6.45) is 0.338. The average Bonchev–Trinajstić information content (AvgIpc) is 2.76. The predicted molar refractivity (Wildman–Crippen MR) is 113 cm³/mol. The Hall–Kier alpha value is -3.06. The van der Waals surface area contributed by atoms with E-state index < -0.39 is 5.91 Å². The Bertz CT molecular complexity index is 805. The topological polar surface area (TPSA) is 73.9 Å². The zero-order valence-corrected chi connectivity index (χ0v) is 16.8. The number of amides is 2. The minimum atomic E-state index is -0.392. The van der Waals surface area contributed by atoms with Gasteiger partial charge in [0, 0.05) is 44.8 Å². The number of carbonyl (C=O) groups excluding carboxylic acids is 2. The molecule has 154 valence electrons. The van der Waals surface area contributed by atoms with Crippen LogP contribution in [0, 0.1) is 6.92 Å². The van der Waals surface area contributed by atoms with Crippen LogP contribution in [0.2, 0.25) is 0 Å². The molecule has 0 aromatic heterocycles. The van der Waals surface area contributed by atoms with E-state index in [4.69, 9.17) is 4.74 Å². The number of hydrogen-bond donors (Lipinski definition) is 2. The molecular weight excluding hydrogens is 368 g/mol. The molecule has 1 aliphatic rings. The van der Waals surface area contributed by atoms with Crippen LogP contribution in [-0.4, -0.2) is 56.0 Å². The molecule has 3 rings (SSSR count). The molecule has 0 atom stereocenters. The highest BCUT2D eigenvalue weighted by Gasteiger charge is 2.17. The highest BCUT2D eigenvalue weighted by atomic mass is 16.5. The second-order valence-corrected chi connectivity index (χ2v) is 7.12. The second kappa shape index (κ2) is 10.5. The molecule has 2 N–H and O–H groups in total. The van der Waals surface area contributed by atoms with Gasteiger partial charge in [0.05, 0.1) is 0 Å². The third-order valence-electron chi connectivity index (χ3n) is 4.85. The highest BCUT2D eigenvalue weighted by Crippen LogP contribution is 2.15. The van der Waals surface area contributed by atoms with E-state index >= 15 is 0 Å². The molecule has 2 amide bonds. The standard InChI is InChI=1S/C22H28N4O3/c1-18-6-5-9-20(16-18)29-17-22(28)24-23-21(27)10-11-25-12-14-26(15-13-25)19-7-3-2-4-8-19/h2-9,16H,10-15,17H2,1H3,(H,23,27)(H,24,28). The summed E-state index contributed by atoms with van der Waals surface area (Å²) in [6, 6.07) is 17.8. The lowest BCUT2D eigenvalue weighted by molar-refractivity contribution is -0.130. The molecule has 0 bridgehead atoms. The van der Waals surface area contributed by atoms with E-state index in [0.717, 1.165) is 31.7 Å². The van der Waals surface area contributed by atoms with Gasteiger partial charge in [0.25, 0.3) is 5.91 Å². The summed E-state index contributed by atoms with van der Waals surface area (Å²) in [6.45, 7) is 6.19. The van der Waals surface area contributed by atoms with Gasteiger partial charge < -0.3 is 9.64 Å². The van der Waals surface area contributed by atoms with Crippen LogP contribution in [0.3, 0.4) is 0 Å². The lowest BCUT2D eigenvalue weighted by Gasteiger charge is -2.36. The molecule has 0 unspecified atom stereocenters. The van der Waals surface area contributed by atoms with Gasteiger partial charge >= 0.3 is 0 Å². The van der Waals surface area contributed by atoms with Gasteiger partial charge in [-0.15, -0.1) is 0 Å². The number of carbonyl (C=O) groups is 2. The zero-order valence-electron chi connectivity index (χ0n) is 16.8. The summed E-state index contributed by atoms with van der Waals surface area (Å²) >= 11 is 0. The monoisotopic (exact) mass is 396 g/mol. The average molecular weight is 396 g/mol. The normalized spacial score (nSPS) is 14.3. The molecule has 0 radical (unpaired) electrons. The number of hydrazine groups is 1. The first-order valence-electron chi connectivity index (χ1n) is 9.89. The summed E-state index contributed by atoms with van der Waals surface area (Å²) < 4.78 is 5.41. The minimum absolute atomic E-state index is 0.148. The maximum atomic E-state index is 12.0. The van der Waals surface area contributed by atoms with Crippen molar-refractivity contribution in [3.8, 4) is 5.75 Å². The van der Waals surface area contributed by atoms with Gasteiger partial charge in [-0.1, -0.05) is 30.3 Å². The van der Waals surface area contributed by atoms with Crippen LogP contribution < -0.4 is 20.5 Å². The van der Waals surface area contributed by atoms with Crippen molar-refractivity contribution in [3.05, 3.63) is 60.2 Å². The lowest BCUT2D eigenvalue weighted by atomic mass is 10.2. The Kier molecular flexibility index (Phi) is 7.47. The number of aryl methyl sites for hydroxylation is 1. The lowest BCUT2D eigenvalue weighted by Crippen LogP contribution is -2.48. The third-order valence-corrected chi connectivity index (χ3v) is 4.85. The zero-order chi connectivity index (χ0) is 20.5. The van der Waals surface area contributed by atoms with Gasteiger partial charge in [0.1, 0.15) is 5.75 Å². The van der Waals surface area contributed by atoms with Crippen molar-refractivity contribution in [3.63, 3.8) is 0 Å². The van der Waals surface area contributed by atoms with Crippen LogP contribution >= 0.6 is 0 Å². The molecular formula is C22H28N4O3. The van der Waals surface area contributed by atoms with Gasteiger partial charge in [-0.05, 0) is 36.8 Å². The van der Waals surface area contributed by atoms with Crippen LogP contribution in [0.1, 0.15) is 12.0 Å². The summed E-state index contributed by atoms with van der Waals surface area (Å²) in [5.41, 5.74) is 7.13. The third kappa shape index (κ3) is 6.80. The fourth-order valence-corrected chi connectivity index (χ4v) is 3.22. The SMILES string of the molecule is Cc1cccc(OCC(=O)NNC(=O)CCN2CCN(c3ccccc3)CC2)c1. The quantitative estimate of drug-likeness (QED) is 0.698. The minimum Gasteiger partial charge on any atom is -0.484 e. The molecule has 0 spiro atoms. The van der Waals surface area contributed by atoms with Crippen LogP contribution in [0.15, 0.2) is 54.6 Å². The van der Waals surface area contributed by atoms with Crippen molar-refractivity contribution < 1.29 is 14.3 Å². The van der Waals surface area contributed by atoms with Crippen molar-refractivity contribution in [1.82, 2.24) is 15.8 Å². The van der Waals surface area contributed by atoms with Crippen LogP contribution in [0.4, 0.5) is 5.69 Å². The van der Waals surface area contributed by atoms with Crippen molar-refractivity contribution in [2.75, 3.05) is 44.2 Å². The Balaban J connectivity index is 1.29. The van der Waals surface area contributed by atoms with Gasteiger partial charge in [0.2, 0.25) is 5.91 Å². The largest absolute Gasteiger partial charge is 0.484 e. The first-order valence-corrected chi connectivity index (χ1v) is 9.89. The van der Waals surface area contributed by atoms with Gasteiger partial charge in [0.15, 0.2) is 6.61 Å². The van der Waals surface area contributed by atoms with Gasteiger partial charge in [-0.2, -0.15) is 0 Å². The van der Waals surface area contributed by atoms with Crippen molar-refractivity contribution in [2.45, 2.75) is 13.3 Å². The summed E-state index contributed by atoms with van der Waals surface area (Å²) in [5.74, 6) is 0.0249. The molecule has 7 heteroatoms. The Morgan fingerprint density at radius 1 is 0.931 bits per heavy atom. The number of piperazine rings is 1. The summed E-state index contributed by atoms with van der Waals surface area (Å²) in [5, 5.41) is 0. The van der Waals surface area contributed by atoms with E-state index in [1.807, 2.05) is 43.3 Å². The molecule has 0 saturated carbocycles. The molecule has 2 aromatic carbocycles. The van der Waals surface area contributed by atoms with Crippen molar-refractivity contribution in [1.29, 1.82) is 0 Å². The number of hydrogen-bond acceptors (Lipinski definition) is 5. The van der Waals surface area contributed by atoms with E-state index in [1.165, 1.54) is 5.69 Å². The number of benzene rings is 2.